The molecule has 0 saturated heterocycles. The highest BCUT2D eigenvalue weighted by molar-refractivity contribution is 5.22. The van der Waals surface area contributed by atoms with Crippen LogP contribution < -0.4 is 10.1 Å². The fraction of sp³-hybridized carbons (Fsp3) is 0.300. The number of hydrogen-bond acceptors (Lipinski definition) is 4. The maximum absolute atomic E-state index is 5.83. The molecule has 2 aromatic heterocycles. The molecular weight excluding hydrogens is 312 g/mol. The van der Waals surface area contributed by atoms with Gasteiger partial charge in [-0.1, -0.05) is 24.3 Å². The summed E-state index contributed by atoms with van der Waals surface area (Å²) < 4.78 is 7.95. The molecule has 0 aliphatic carbocycles. The minimum atomic E-state index is 0.326. The predicted octanol–water partition coefficient (Wildman–Crippen LogP) is 3.48. The molecule has 128 valence electrons. The molecule has 1 N–H and O–H groups in total. The summed E-state index contributed by atoms with van der Waals surface area (Å²) in [6.07, 6.45) is 5.98. The molecular formula is C20H22N4O. The van der Waals surface area contributed by atoms with Crippen LogP contribution in [-0.4, -0.2) is 14.8 Å². The van der Waals surface area contributed by atoms with E-state index in [1.165, 1.54) is 11.3 Å². The average Bonchev–Trinajstić information content (AvgIpc) is 3.10. The number of aromatic nitrogens is 3. The summed E-state index contributed by atoms with van der Waals surface area (Å²) in [4.78, 5) is 4.18. The van der Waals surface area contributed by atoms with Gasteiger partial charge in [-0.25, -0.2) is 0 Å². The summed E-state index contributed by atoms with van der Waals surface area (Å²) in [5.74, 6) is 0.875. The molecule has 3 heterocycles. The smallest absolute Gasteiger partial charge is 0.132 e. The molecule has 0 bridgehead atoms. The van der Waals surface area contributed by atoms with E-state index in [2.05, 4.69) is 27.1 Å². The number of rotatable bonds is 6. The Morgan fingerprint density at radius 1 is 1.16 bits per heavy atom. The molecule has 0 saturated carbocycles. The zero-order chi connectivity index (χ0) is 16.9. The summed E-state index contributed by atoms with van der Waals surface area (Å²) >= 11 is 0. The zero-order valence-electron chi connectivity index (χ0n) is 14.1. The van der Waals surface area contributed by atoms with E-state index in [0.29, 0.717) is 12.6 Å². The summed E-state index contributed by atoms with van der Waals surface area (Å²) in [6, 6.07) is 16.4. The van der Waals surface area contributed by atoms with E-state index in [4.69, 9.17) is 9.84 Å². The number of nitrogens with one attached hydrogen (secondary N) is 1. The van der Waals surface area contributed by atoms with Crippen molar-refractivity contribution in [1.29, 1.82) is 0 Å². The molecule has 0 amide bonds. The van der Waals surface area contributed by atoms with Crippen LogP contribution >= 0.6 is 0 Å². The van der Waals surface area contributed by atoms with Crippen molar-refractivity contribution in [2.45, 2.75) is 38.6 Å². The first-order valence-electron chi connectivity index (χ1n) is 8.75. The van der Waals surface area contributed by atoms with Crippen LogP contribution in [0.2, 0.25) is 0 Å². The van der Waals surface area contributed by atoms with Crippen LogP contribution in [0.3, 0.4) is 0 Å². The van der Waals surface area contributed by atoms with Gasteiger partial charge in [0.25, 0.3) is 0 Å². The molecule has 25 heavy (non-hydrogen) atoms. The first-order chi connectivity index (χ1) is 12.4. The Morgan fingerprint density at radius 2 is 2.08 bits per heavy atom. The first-order valence-corrected chi connectivity index (χ1v) is 8.75. The molecule has 0 spiro atoms. The van der Waals surface area contributed by atoms with Gasteiger partial charge in [0.2, 0.25) is 0 Å². The number of nitrogens with zero attached hydrogens (tertiary/aromatic N) is 3. The SMILES string of the molecule is c1ccc(OCc2cc3n(n2)CCCC3NCc2cccnc2)cc1. The van der Waals surface area contributed by atoms with Crippen molar-refractivity contribution in [3.63, 3.8) is 0 Å². The van der Waals surface area contributed by atoms with Crippen molar-refractivity contribution < 1.29 is 4.74 Å². The van der Waals surface area contributed by atoms with Crippen molar-refractivity contribution in [2.24, 2.45) is 0 Å². The van der Waals surface area contributed by atoms with Gasteiger partial charge < -0.3 is 10.1 Å². The Labute approximate surface area is 147 Å². The van der Waals surface area contributed by atoms with Gasteiger partial charge in [0.05, 0.1) is 5.69 Å². The minimum absolute atomic E-state index is 0.326. The number of para-hydroxylation sites is 1. The van der Waals surface area contributed by atoms with Crippen molar-refractivity contribution in [1.82, 2.24) is 20.1 Å². The number of fused-ring (bicyclic) bond motifs is 1. The Morgan fingerprint density at radius 3 is 2.92 bits per heavy atom. The molecule has 1 unspecified atom stereocenters. The van der Waals surface area contributed by atoms with Gasteiger partial charge in [-0.3, -0.25) is 9.67 Å². The fourth-order valence-electron chi connectivity index (χ4n) is 3.23. The number of hydrogen-bond donors (Lipinski definition) is 1. The largest absolute Gasteiger partial charge is 0.487 e. The summed E-state index contributed by atoms with van der Waals surface area (Å²) in [6.45, 7) is 2.30. The average molecular weight is 334 g/mol. The van der Waals surface area contributed by atoms with Crippen molar-refractivity contribution >= 4 is 0 Å². The van der Waals surface area contributed by atoms with Gasteiger partial charge in [0, 0.05) is 31.5 Å². The van der Waals surface area contributed by atoms with Gasteiger partial charge in [-0.2, -0.15) is 5.10 Å². The number of pyridine rings is 1. The quantitative estimate of drug-likeness (QED) is 0.750. The lowest BCUT2D eigenvalue weighted by molar-refractivity contribution is 0.298. The molecule has 1 aromatic carbocycles. The Balaban J connectivity index is 1.41. The highest BCUT2D eigenvalue weighted by Gasteiger charge is 2.22. The number of ether oxygens (including phenoxy) is 1. The monoisotopic (exact) mass is 334 g/mol. The molecule has 1 aliphatic rings. The summed E-state index contributed by atoms with van der Waals surface area (Å²) in [7, 11) is 0. The molecule has 0 radical (unpaired) electrons. The van der Waals surface area contributed by atoms with E-state index < -0.39 is 0 Å². The first kappa shape index (κ1) is 15.8. The van der Waals surface area contributed by atoms with Gasteiger partial charge in [0.15, 0.2) is 0 Å². The van der Waals surface area contributed by atoms with Crippen molar-refractivity contribution in [3.05, 3.63) is 77.9 Å². The van der Waals surface area contributed by atoms with Gasteiger partial charge >= 0.3 is 0 Å². The summed E-state index contributed by atoms with van der Waals surface area (Å²) in [5, 5.41) is 8.35. The highest BCUT2D eigenvalue weighted by atomic mass is 16.5. The van der Waals surface area contributed by atoms with Gasteiger partial charge in [-0.15, -0.1) is 0 Å². The summed E-state index contributed by atoms with van der Waals surface area (Å²) in [5.41, 5.74) is 3.43. The predicted molar refractivity (Wildman–Crippen MR) is 96.1 cm³/mol. The van der Waals surface area contributed by atoms with Crippen molar-refractivity contribution in [3.8, 4) is 5.75 Å². The third kappa shape index (κ3) is 3.88. The van der Waals surface area contributed by atoms with Crippen LogP contribution in [-0.2, 0) is 19.7 Å². The van der Waals surface area contributed by atoms with E-state index in [1.807, 2.05) is 42.6 Å². The van der Waals surface area contributed by atoms with Crippen molar-refractivity contribution in [2.75, 3.05) is 0 Å². The van der Waals surface area contributed by atoms with E-state index in [-0.39, 0.29) is 0 Å². The molecule has 5 nitrogen and oxygen atoms in total. The number of aryl methyl sites for hydroxylation is 1. The molecule has 4 rings (SSSR count). The second-order valence-corrected chi connectivity index (χ2v) is 6.32. The Hall–Kier alpha value is -2.66. The van der Waals surface area contributed by atoms with E-state index in [0.717, 1.165) is 37.4 Å². The standard InChI is InChI=1S/C20H22N4O/c1-2-7-18(8-3-1)25-15-17-12-20-19(9-5-11-24(20)23-17)22-14-16-6-4-10-21-13-16/h1-4,6-8,10,12-13,19,22H,5,9,11,14-15H2. The third-order valence-corrected chi connectivity index (χ3v) is 4.49. The van der Waals surface area contributed by atoms with Crippen LogP contribution in [0.1, 0.15) is 35.8 Å². The lowest BCUT2D eigenvalue weighted by Crippen LogP contribution is -2.27. The Kier molecular flexibility index (Phi) is 4.74. The second-order valence-electron chi connectivity index (χ2n) is 6.32. The molecule has 1 atom stereocenters. The molecule has 1 aliphatic heterocycles. The maximum atomic E-state index is 5.83. The fourth-order valence-corrected chi connectivity index (χ4v) is 3.23. The second kappa shape index (κ2) is 7.49. The zero-order valence-corrected chi connectivity index (χ0v) is 14.1. The Bertz CT molecular complexity index is 801. The lowest BCUT2D eigenvalue weighted by atomic mass is 10.0. The minimum Gasteiger partial charge on any atom is -0.487 e. The van der Waals surface area contributed by atoms with Crippen LogP contribution in [0.5, 0.6) is 5.75 Å². The number of benzene rings is 1. The third-order valence-electron chi connectivity index (χ3n) is 4.49. The van der Waals surface area contributed by atoms with Gasteiger partial charge in [0.1, 0.15) is 18.1 Å². The van der Waals surface area contributed by atoms with Gasteiger partial charge in [-0.05, 0) is 42.7 Å². The highest BCUT2D eigenvalue weighted by Crippen LogP contribution is 2.26. The van der Waals surface area contributed by atoms with Crippen LogP contribution in [0.15, 0.2) is 60.9 Å². The van der Waals surface area contributed by atoms with E-state index in [1.54, 1.807) is 6.20 Å². The molecule has 5 heteroatoms. The van der Waals surface area contributed by atoms with E-state index >= 15 is 0 Å². The van der Waals surface area contributed by atoms with Crippen LogP contribution in [0.25, 0.3) is 0 Å². The molecule has 3 aromatic rings. The normalized spacial score (nSPS) is 16.4. The maximum Gasteiger partial charge on any atom is 0.132 e. The topological polar surface area (TPSA) is 52.0 Å². The lowest BCUT2D eigenvalue weighted by Gasteiger charge is -2.24. The van der Waals surface area contributed by atoms with E-state index in [9.17, 15) is 0 Å². The van der Waals surface area contributed by atoms with Crippen LogP contribution in [0.4, 0.5) is 0 Å². The van der Waals surface area contributed by atoms with Crippen LogP contribution in [0, 0.1) is 0 Å². The molecule has 0 fully saturated rings.